The number of thioether (sulfide) groups is 2. The highest BCUT2D eigenvalue weighted by molar-refractivity contribution is 8.21. The van der Waals surface area contributed by atoms with Crippen LogP contribution in [-0.4, -0.2) is 33.9 Å². The van der Waals surface area contributed by atoms with E-state index < -0.39 is 0 Å². The van der Waals surface area contributed by atoms with E-state index in [-0.39, 0.29) is 24.3 Å². The van der Waals surface area contributed by atoms with Gasteiger partial charge in [-0.15, -0.1) is 34.9 Å². The Bertz CT molecular complexity index is 647. The van der Waals surface area contributed by atoms with E-state index in [0.29, 0.717) is 20.8 Å². The molecule has 0 amide bonds. The first-order chi connectivity index (χ1) is 12.1. The maximum atomic E-state index is 12.6. The number of thiophene rings is 1. The van der Waals surface area contributed by atoms with Crippen LogP contribution < -0.4 is 0 Å². The summed E-state index contributed by atoms with van der Waals surface area (Å²) in [6.07, 6.45) is 5.68. The molecule has 1 aromatic heterocycles. The van der Waals surface area contributed by atoms with Crippen molar-refractivity contribution in [3.05, 3.63) is 21.9 Å². The molecule has 2 heterocycles. The van der Waals surface area contributed by atoms with E-state index in [0.717, 1.165) is 17.7 Å². The van der Waals surface area contributed by atoms with Crippen LogP contribution >= 0.6 is 34.9 Å². The minimum Gasteiger partial charge on any atom is -0.457 e. The molecule has 0 N–H and O–H groups in total. The molecular weight excluding hydrogens is 372 g/mol. The molecule has 136 valence electrons. The molecule has 25 heavy (non-hydrogen) atoms. The van der Waals surface area contributed by atoms with Gasteiger partial charge in [-0.05, 0) is 56.6 Å². The summed E-state index contributed by atoms with van der Waals surface area (Å²) >= 11 is 5.76. The van der Waals surface area contributed by atoms with Crippen LogP contribution in [0.4, 0.5) is 0 Å². The first kappa shape index (κ1) is 17.9. The van der Waals surface area contributed by atoms with E-state index in [9.17, 15) is 9.59 Å². The van der Waals surface area contributed by atoms with Gasteiger partial charge < -0.3 is 4.74 Å². The monoisotopic (exact) mass is 396 g/mol. The van der Waals surface area contributed by atoms with E-state index in [1.54, 1.807) is 0 Å². The number of esters is 1. The van der Waals surface area contributed by atoms with Crippen LogP contribution in [0.2, 0.25) is 0 Å². The molecule has 2 atom stereocenters. The van der Waals surface area contributed by atoms with Crippen LogP contribution in [0.1, 0.15) is 46.7 Å². The second-order valence-electron chi connectivity index (χ2n) is 7.35. The Balaban J connectivity index is 1.36. The lowest BCUT2D eigenvalue weighted by Gasteiger charge is -2.51. The Labute approximate surface area is 161 Å². The third kappa shape index (κ3) is 3.42. The van der Waals surface area contributed by atoms with Crippen molar-refractivity contribution in [3.8, 4) is 0 Å². The molecular formula is C19H24O3S3. The summed E-state index contributed by atoms with van der Waals surface area (Å²) in [5, 5.41) is 0. The van der Waals surface area contributed by atoms with E-state index in [2.05, 4.69) is 23.5 Å². The van der Waals surface area contributed by atoms with Crippen LogP contribution in [-0.2, 0) is 9.53 Å². The van der Waals surface area contributed by atoms with Gasteiger partial charge in [0.15, 0.2) is 6.61 Å². The minimum absolute atomic E-state index is 0.0133. The molecule has 6 heteroatoms. The first-order valence-corrected chi connectivity index (χ1v) is 11.9. The molecule has 1 saturated heterocycles. The van der Waals surface area contributed by atoms with Crippen molar-refractivity contribution in [2.75, 3.05) is 18.1 Å². The minimum atomic E-state index is -0.152. The van der Waals surface area contributed by atoms with Crippen LogP contribution in [0.25, 0.3) is 0 Å². The van der Waals surface area contributed by atoms with Crippen molar-refractivity contribution >= 4 is 46.6 Å². The number of aryl methyl sites for hydroxylation is 1. The number of ether oxygens (including phenoxy) is 1. The van der Waals surface area contributed by atoms with E-state index >= 15 is 0 Å². The average molecular weight is 397 g/mol. The maximum Gasteiger partial charge on any atom is 0.309 e. The Morgan fingerprint density at radius 2 is 1.84 bits per heavy atom. The Morgan fingerprint density at radius 3 is 2.44 bits per heavy atom. The Hall–Kier alpha value is -0.460. The lowest BCUT2D eigenvalue weighted by molar-refractivity contribution is -0.150. The van der Waals surface area contributed by atoms with Gasteiger partial charge in [-0.3, -0.25) is 9.59 Å². The molecule has 3 nitrogen and oxygen atoms in total. The fourth-order valence-electron chi connectivity index (χ4n) is 4.71. The quantitative estimate of drug-likeness (QED) is 0.541. The van der Waals surface area contributed by atoms with Crippen LogP contribution in [0.3, 0.4) is 0 Å². The molecule has 3 fully saturated rings. The number of Topliss-reactive ketones (excluding diaryl/α,β-unsaturated/α-hetero) is 1. The summed E-state index contributed by atoms with van der Waals surface area (Å²) in [6.45, 7) is 1.86. The summed E-state index contributed by atoms with van der Waals surface area (Å²) in [6, 6.07) is 3.75. The van der Waals surface area contributed by atoms with Crippen LogP contribution in [0, 0.1) is 24.7 Å². The normalized spacial score (nSPS) is 30.4. The number of carbonyl (C=O) groups is 2. The summed E-state index contributed by atoms with van der Waals surface area (Å²) in [4.78, 5) is 26.5. The van der Waals surface area contributed by atoms with Gasteiger partial charge in [-0.25, -0.2) is 0 Å². The molecule has 0 aromatic carbocycles. The highest BCUT2D eigenvalue weighted by Crippen LogP contribution is 2.64. The number of hydrogen-bond acceptors (Lipinski definition) is 6. The van der Waals surface area contributed by atoms with Gasteiger partial charge in [-0.2, -0.15) is 0 Å². The van der Waals surface area contributed by atoms with Crippen LogP contribution in [0.5, 0.6) is 0 Å². The number of ketones is 1. The van der Waals surface area contributed by atoms with Gasteiger partial charge in [0.1, 0.15) is 0 Å². The van der Waals surface area contributed by atoms with Crippen molar-refractivity contribution in [3.63, 3.8) is 0 Å². The second-order valence-corrected chi connectivity index (χ2v) is 11.6. The zero-order chi connectivity index (χ0) is 17.4. The molecule has 2 bridgehead atoms. The molecule has 4 rings (SSSR count). The van der Waals surface area contributed by atoms with E-state index in [4.69, 9.17) is 4.74 Å². The van der Waals surface area contributed by atoms with Gasteiger partial charge in [0.25, 0.3) is 0 Å². The highest BCUT2D eigenvalue weighted by Gasteiger charge is 2.55. The Kier molecular flexibility index (Phi) is 5.22. The van der Waals surface area contributed by atoms with Crippen molar-refractivity contribution in [2.45, 2.75) is 43.1 Å². The van der Waals surface area contributed by atoms with E-state index in [1.807, 2.05) is 19.1 Å². The smallest absolute Gasteiger partial charge is 0.309 e. The zero-order valence-electron chi connectivity index (χ0n) is 14.5. The molecule has 0 radical (unpaired) electrons. The summed E-state index contributed by atoms with van der Waals surface area (Å²) < 4.78 is 5.80. The topological polar surface area (TPSA) is 43.4 Å². The summed E-state index contributed by atoms with van der Waals surface area (Å²) in [5.41, 5.74) is 0. The lowest BCUT2D eigenvalue weighted by Crippen LogP contribution is -2.48. The average Bonchev–Trinajstić information content (AvgIpc) is 3.22. The third-order valence-corrected chi connectivity index (χ3v) is 10.9. The predicted molar refractivity (Wildman–Crippen MR) is 106 cm³/mol. The van der Waals surface area contributed by atoms with Gasteiger partial charge in [0, 0.05) is 16.4 Å². The van der Waals surface area contributed by atoms with Crippen LogP contribution in [0.15, 0.2) is 12.1 Å². The van der Waals surface area contributed by atoms with Crippen molar-refractivity contribution < 1.29 is 14.3 Å². The van der Waals surface area contributed by atoms with Gasteiger partial charge >= 0.3 is 5.97 Å². The Morgan fingerprint density at radius 1 is 1.16 bits per heavy atom. The van der Waals surface area contributed by atoms with Gasteiger partial charge in [0.05, 0.1) is 14.9 Å². The molecule has 2 unspecified atom stereocenters. The summed E-state index contributed by atoms with van der Waals surface area (Å²) in [7, 11) is 0. The fourth-order valence-corrected chi connectivity index (χ4v) is 9.44. The largest absolute Gasteiger partial charge is 0.457 e. The lowest BCUT2D eigenvalue weighted by atomic mass is 9.67. The van der Waals surface area contributed by atoms with Crippen molar-refractivity contribution in [1.82, 2.24) is 0 Å². The molecule has 1 spiro atoms. The van der Waals surface area contributed by atoms with Gasteiger partial charge in [0.2, 0.25) is 5.78 Å². The van der Waals surface area contributed by atoms with Gasteiger partial charge in [-0.1, -0.05) is 6.42 Å². The fraction of sp³-hybridized carbons (Fsp3) is 0.684. The molecule has 1 aromatic rings. The number of rotatable bonds is 4. The third-order valence-electron chi connectivity index (χ3n) is 5.81. The zero-order valence-corrected chi connectivity index (χ0v) is 16.9. The van der Waals surface area contributed by atoms with Crippen molar-refractivity contribution in [2.24, 2.45) is 17.8 Å². The number of hydrogen-bond donors (Lipinski definition) is 0. The first-order valence-electron chi connectivity index (χ1n) is 9.12. The number of carbonyl (C=O) groups excluding carboxylic acids is 2. The SMILES string of the molecule is Cc1ccc(C(=O)COC(=O)C2CC3CCCC(C2)C32SCCS2)s1. The molecule has 1 aliphatic heterocycles. The predicted octanol–water partition coefficient (Wildman–Crippen LogP) is 4.79. The molecule has 2 saturated carbocycles. The highest BCUT2D eigenvalue weighted by atomic mass is 32.2. The van der Waals surface area contributed by atoms with Crippen molar-refractivity contribution in [1.29, 1.82) is 0 Å². The summed E-state index contributed by atoms with van der Waals surface area (Å²) in [5.74, 6) is 3.52. The van der Waals surface area contributed by atoms with E-state index in [1.165, 1.54) is 42.1 Å². The maximum absolute atomic E-state index is 12.6. The molecule has 2 aliphatic carbocycles. The second kappa shape index (κ2) is 7.28. The molecule has 3 aliphatic rings. The standard InChI is InChI=1S/C19H24O3S3/c1-12-5-6-17(25-12)16(20)11-22-18(21)13-9-14-3-2-4-15(10-13)19(14)23-7-8-24-19/h5-6,13-15H,2-4,7-11H2,1H3.